The van der Waals surface area contributed by atoms with Gasteiger partial charge in [0.1, 0.15) is 5.82 Å². The Morgan fingerprint density at radius 3 is 2.00 bits per heavy atom. The molecule has 1 aliphatic heterocycles. The van der Waals surface area contributed by atoms with E-state index >= 15 is 0 Å². The van der Waals surface area contributed by atoms with Crippen LogP contribution in [0.2, 0.25) is 0 Å². The minimum atomic E-state index is -0.242. The molecule has 1 saturated heterocycles. The van der Waals surface area contributed by atoms with E-state index in [1.54, 1.807) is 0 Å². The fraction of sp³-hybridized carbons (Fsp3) is 0.385. The summed E-state index contributed by atoms with van der Waals surface area (Å²) < 4.78 is 2.25. The van der Waals surface area contributed by atoms with Crippen molar-refractivity contribution in [2.24, 2.45) is 0 Å². The average molecular weight is 417 g/mol. The lowest BCUT2D eigenvalue weighted by atomic mass is 9.90. The first kappa shape index (κ1) is 21.3. The maximum absolute atomic E-state index is 13.6. The van der Waals surface area contributed by atoms with Gasteiger partial charge in [0, 0.05) is 57.6 Å². The van der Waals surface area contributed by atoms with Gasteiger partial charge in [-0.3, -0.25) is 9.69 Å². The molecule has 1 amide bonds. The van der Waals surface area contributed by atoms with Crippen LogP contribution in [0.3, 0.4) is 0 Å². The van der Waals surface area contributed by atoms with Crippen molar-refractivity contribution in [3.8, 4) is 0 Å². The molecule has 2 aromatic carbocycles. The van der Waals surface area contributed by atoms with Gasteiger partial charge in [0.2, 0.25) is 5.91 Å². The first-order valence-electron chi connectivity index (χ1n) is 11.3. The molecule has 1 aliphatic rings. The topological polar surface area (TPSA) is 41.4 Å². The molecular formula is C26H32N4O. The molecule has 0 aliphatic carbocycles. The predicted molar refractivity (Wildman–Crippen MR) is 124 cm³/mol. The summed E-state index contributed by atoms with van der Waals surface area (Å²) in [6.07, 6.45) is 3.96. The number of hydrogen-bond acceptors (Lipinski definition) is 3. The first-order valence-corrected chi connectivity index (χ1v) is 11.3. The van der Waals surface area contributed by atoms with Gasteiger partial charge in [0.05, 0.1) is 5.92 Å². The molecule has 0 radical (unpaired) electrons. The van der Waals surface area contributed by atoms with E-state index < -0.39 is 0 Å². The van der Waals surface area contributed by atoms with E-state index in [1.165, 1.54) is 0 Å². The maximum Gasteiger partial charge on any atom is 0.234 e. The van der Waals surface area contributed by atoms with Gasteiger partial charge >= 0.3 is 0 Å². The van der Waals surface area contributed by atoms with Crippen LogP contribution in [-0.4, -0.2) is 58.0 Å². The molecule has 1 aromatic heterocycles. The maximum atomic E-state index is 13.6. The Hall–Kier alpha value is -2.92. The van der Waals surface area contributed by atoms with Crippen molar-refractivity contribution in [1.29, 1.82) is 0 Å². The molecule has 4 rings (SSSR count). The van der Waals surface area contributed by atoms with Gasteiger partial charge in [0.15, 0.2) is 0 Å². The Labute approximate surface area is 185 Å². The van der Waals surface area contributed by atoms with Crippen LogP contribution >= 0.6 is 0 Å². The molecule has 0 atom stereocenters. The molecule has 5 heteroatoms. The standard InChI is InChI=1S/C26H32N4O/c1-21(2)25-27-13-14-29(25)18-15-28-16-19-30(20-17-28)26(31)24(22-9-5-3-6-10-22)23-11-7-4-8-12-23/h3-14,21,24H,15-20H2,1-2H3. The lowest BCUT2D eigenvalue weighted by Gasteiger charge is -2.36. The highest BCUT2D eigenvalue weighted by molar-refractivity contribution is 5.87. The number of carbonyl (C=O) groups is 1. The van der Waals surface area contributed by atoms with Gasteiger partial charge in [-0.15, -0.1) is 0 Å². The quantitative estimate of drug-likeness (QED) is 0.585. The van der Waals surface area contributed by atoms with Gasteiger partial charge in [-0.2, -0.15) is 0 Å². The van der Waals surface area contributed by atoms with E-state index in [4.69, 9.17) is 0 Å². The lowest BCUT2D eigenvalue weighted by Crippen LogP contribution is -2.50. The van der Waals surface area contributed by atoms with Crippen molar-refractivity contribution in [1.82, 2.24) is 19.4 Å². The Balaban J connectivity index is 1.39. The third-order valence-electron chi connectivity index (χ3n) is 6.12. The number of rotatable bonds is 7. The fourth-order valence-corrected chi connectivity index (χ4v) is 4.40. The van der Waals surface area contributed by atoms with E-state index in [9.17, 15) is 4.79 Å². The number of amides is 1. The van der Waals surface area contributed by atoms with Crippen molar-refractivity contribution < 1.29 is 4.79 Å². The van der Waals surface area contributed by atoms with Crippen molar-refractivity contribution >= 4 is 5.91 Å². The minimum Gasteiger partial charge on any atom is -0.339 e. The second-order valence-corrected chi connectivity index (χ2v) is 8.55. The van der Waals surface area contributed by atoms with Crippen LogP contribution < -0.4 is 0 Å². The molecule has 3 aromatic rings. The van der Waals surface area contributed by atoms with Gasteiger partial charge in [-0.25, -0.2) is 4.98 Å². The Morgan fingerprint density at radius 2 is 1.45 bits per heavy atom. The summed E-state index contributed by atoms with van der Waals surface area (Å²) in [7, 11) is 0. The molecular weight excluding hydrogens is 384 g/mol. The molecule has 162 valence electrons. The van der Waals surface area contributed by atoms with Crippen LogP contribution in [0.1, 0.15) is 42.6 Å². The van der Waals surface area contributed by atoms with E-state index in [0.29, 0.717) is 5.92 Å². The van der Waals surface area contributed by atoms with Crippen molar-refractivity contribution in [2.75, 3.05) is 32.7 Å². The Kier molecular flexibility index (Phi) is 6.82. The van der Waals surface area contributed by atoms with E-state index in [-0.39, 0.29) is 11.8 Å². The lowest BCUT2D eigenvalue weighted by molar-refractivity contribution is -0.133. The van der Waals surface area contributed by atoms with E-state index in [2.05, 4.69) is 58.8 Å². The number of benzene rings is 2. The zero-order valence-electron chi connectivity index (χ0n) is 18.5. The second-order valence-electron chi connectivity index (χ2n) is 8.55. The minimum absolute atomic E-state index is 0.203. The van der Waals surface area contributed by atoms with E-state index in [1.807, 2.05) is 47.5 Å². The van der Waals surface area contributed by atoms with Gasteiger partial charge in [-0.05, 0) is 11.1 Å². The summed E-state index contributed by atoms with van der Waals surface area (Å²) in [5.41, 5.74) is 2.12. The normalized spacial score (nSPS) is 15.0. The number of carbonyl (C=O) groups excluding carboxylic acids is 1. The molecule has 0 unspecified atom stereocenters. The van der Waals surface area contributed by atoms with Crippen LogP contribution in [0.5, 0.6) is 0 Å². The van der Waals surface area contributed by atoms with Gasteiger partial charge in [-0.1, -0.05) is 74.5 Å². The summed E-state index contributed by atoms with van der Waals surface area (Å²) in [5.74, 6) is 1.53. The van der Waals surface area contributed by atoms with Gasteiger partial charge < -0.3 is 9.47 Å². The van der Waals surface area contributed by atoms with Crippen LogP contribution in [0.15, 0.2) is 73.1 Å². The zero-order valence-corrected chi connectivity index (χ0v) is 18.5. The molecule has 0 saturated carbocycles. The SMILES string of the molecule is CC(C)c1nccn1CCN1CCN(C(=O)C(c2ccccc2)c2ccccc2)CC1. The number of aromatic nitrogens is 2. The summed E-state index contributed by atoms with van der Waals surface area (Å²) in [6.45, 7) is 9.66. The average Bonchev–Trinajstić information content (AvgIpc) is 3.29. The Bertz CT molecular complexity index is 920. The highest BCUT2D eigenvalue weighted by atomic mass is 16.2. The van der Waals surface area contributed by atoms with Crippen LogP contribution in [0, 0.1) is 0 Å². The highest BCUT2D eigenvalue weighted by Crippen LogP contribution is 2.27. The Morgan fingerprint density at radius 1 is 0.871 bits per heavy atom. The zero-order chi connectivity index (χ0) is 21.6. The predicted octanol–water partition coefficient (Wildman–Crippen LogP) is 3.98. The molecule has 1 fully saturated rings. The fourth-order valence-electron chi connectivity index (χ4n) is 4.40. The van der Waals surface area contributed by atoms with Gasteiger partial charge in [0.25, 0.3) is 0 Å². The molecule has 0 bridgehead atoms. The third kappa shape index (κ3) is 5.05. The van der Waals surface area contributed by atoms with E-state index in [0.717, 1.165) is 56.2 Å². The van der Waals surface area contributed by atoms with Crippen LogP contribution in [0.4, 0.5) is 0 Å². The second kappa shape index (κ2) is 9.92. The number of hydrogen-bond donors (Lipinski definition) is 0. The smallest absolute Gasteiger partial charge is 0.234 e. The molecule has 2 heterocycles. The first-order chi connectivity index (χ1) is 15.1. The molecule has 0 spiro atoms. The monoisotopic (exact) mass is 416 g/mol. The molecule has 5 nitrogen and oxygen atoms in total. The van der Waals surface area contributed by atoms with Crippen LogP contribution in [0.25, 0.3) is 0 Å². The van der Waals surface area contributed by atoms with Crippen molar-refractivity contribution in [3.63, 3.8) is 0 Å². The van der Waals surface area contributed by atoms with Crippen molar-refractivity contribution in [2.45, 2.75) is 32.2 Å². The van der Waals surface area contributed by atoms with Crippen LogP contribution in [-0.2, 0) is 11.3 Å². The van der Waals surface area contributed by atoms with Crippen molar-refractivity contribution in [3.05, 3.63) is 90.0 Å². The number of piperazine rings is 1. The number of nitrogens with zero attached hydrogens (tertiary/aromatic N) is 4. The largest absolute Gasteiger partial charge is 0.339 e. The summed E-state index contributed by atoms with van der Waals surface area (Å²) in [5, 5.41) is 0. The third-order valence-corrected chi connectivity index (χ3v) is 6.12. The number of imidazole rings is 1. The highest BCUT2D eigenvalue weighted by Gasteiger charge is 2.29. The summed E-state index contributed by atoms with van der Waals surface area (Å²) >= 11 is 0. The summed E-state index contributed by atoms with van der Waals surface area (Å²) in [6, 6.07) is 20.3. The molecule has 31 heavy (non-hydrogen) atoms. The molecule has 0 N–H and O–H groups in total. The summed E-state index contributed by atoms with van der Waals surface area (Å²) in [4.78, 5) is 22.5.